The van der Waals surface area contributed by atoms with Crippen LogP contribution in [-0.2, 0) is 4.79 Å². The van der Waals surface area contributed by atoms with Gasteiger partial charge in [0.1, 0.15) is 5.69 Å². The summed E-state index contributed by atoms with van der Waals surface area (Å²) in [4.78, 5) is 21.9. The Kier molecular flexibility index (Phi) is 3.41. The number of nitrogens with zero attached hydrogens (tertiary/aromatic N) is 1. The second kappa shape index (κ2) is 5.00. The first kappa shape index (κ1) is 12.3. The molecule has 0 saturated carbocycles. The Labute approximate surface area is 105 Å². The molecule has 0 bridgehead atoms. The number of nitro groups is 1. The number of ketones is 1. The molecule has 1 unspecified atom stereocenters. The van der Waals surface area contributed by atoms with Gasteiger partial charge in [-0.25, -0.2) is 0 Å². The Morgan fingerprint density at radius 1 is 1.33 bits per heavy atom. The maximum atomic E-state index is 11.4. The molecule has 0 fully saturated rings. The number of nitrogens with one attached hydrogen (secondary N) is 1. The minimum absolute atomic E-state index is 0.0177. The molecule has 1 N–H and O–H groups in total. The molecule has 94 valence electrons. The monoisotopic (exact) mass is 246 g/mol. The van der Waals surface area contributed by atoms with Crippen LogP contribution in [0.3, 0.4) is 0 Å². The average molecular weight is 246 g/mol. The molecule has 1 aromatic rings. The van der Waals surface area contributed by atoms with Gasteiger partial charge >= 0.3 is 0 Å². The Morgan fingerprint density at radius 2 is 2.06 bits per heavy atom. The number of benzene rings is 1. The molecule has 5 heteroatoms. The number of carbonyl (C=O) groups excluding carboxylic acids is 1. The van der Waals surface area contributed by atoms with E-state index in [1.54, 1.807) is 18.2 Å². The van der Waals surface area contributed by atoms with E-state index in [9.17, 15) is 14.9 Å². The second-order valence-electron chi connectivity index (χ2n) is 4.55. The number of carbonyl (C=O) groups is 1. The van der Waals surface area contributed by atoms with E-state index in [1.807, 2.05) is 6.92 Å². The summed E-state index contributed by atoms with van der Waals surface area (Å²) in [6.07, 6.45) is 2.82. The smallest absolute Gasteiger partial charge is 0.292 e. The molecule has 0 radical (unpaired) electrons. The van der Waals surface area contributed by atoms with Crippen molar-refractivity contribution in [3.63, 3.8) is 0 Å². The van der Waals surface area contributed by atoms with Crippen LogP contribution in [0.15, 0.2) is 36.0 Å². The average Bonchev–Trinajstić information content (AvgIpc) is 2.27. The third kappa shape index (κ3) is 2.74. The molecule has 1 atom stereocenters. The van der Waals surface area contributed by atoms with Crippen molar-refractivity contribution < 1.29 is 9.72 Å². The second-order valence-corrected chi connectivity index (χ2v) is 4.55. The van der Waals surface area contributed by atoms with E-state index in [2.05, 4.69) is 5.32 Å². The van der Waals surface area contributed by atoms with Crippen molar-refractivity contribution in [3.8, 4) is 0 Å². The van der Waals surface area contributed by atoms with Crippen molar-refractivity contribution in [1.29, 1.82) is 0 Å². The minimum atomic E-state index is -0.434. The van der Waals surface area contributed by atoms with Crippen LogP contribution in [0, 0.1) is 16.0 Å². The molecule has 5 nitrogen and oxygen atoms in total. The zero-order valence-corrected chi connectivity index (χ0v) is 10.1. The molecule has 2 rings (SSSR count). The summed E-state index contributed by atoms with van der Waals surface area (Å²) in [7, 11) is 0. The molecule has 1 aliphatic rings. The van der Waals surface area contributed by atoms with Crippen LogP contribution in [0.5, 0.6) is 0 Å². The number of anilines is 1. The van der Waals surface area contributed by atoms with Crippen molar-refractivity contribution in [2.75, 3.05) is 5.32 Å². The van der Waals surface area contributed by atoms with E-state index in [0.717, 1.165) is 12.1 Å². The first-order chi connectivity index (χ1) is 8.56. The van der Waals surface area contributed by atoms with Gasteiger partial charge in [0.25, 0.3) is 5.69 Å². The molecule has 1 aliphatic carbocycles. The van der Waals surface area contributed by atoms with Crippen LogP contribution in [-0.4, -0.2) is 10.7 Å². The standard InChI is InChI=1S/C13H14N2O3/c1-9-6-10(8-11(16)7-9)14-12-4-2-3-5-13(12)15(17)18/h2-5,8-9,14H,6-7H2,1H3. The van der Waals surface area contributed by atoms with Crippen LogP contribution >= 0.6 is 0 Å². The molecule has 0 aromatic heterocycles. The zero-order valence-electron chi connectivity index (χ0n) is 10.1. The summed E-state index contributed by atoms with van der Waals surface area (Å²) in [5.74, 6) is 0.336. The number of hydrogen-bond acceptors (Lipinski definition) is 4. The van der Waals surface area contributed by atoms with Crippen LogP contribution < -0.4 is 5.32 Å². The number of para-hydroxylation sites is 2. The van der Waals surface area contributed by atoms with E-state index >= 15 is 0 Å². The quantitative estimate of drug-likeness (QED) is 0.657. The maximum absolute atomic E-state index is 11.4. The minimum Gasteiger partial charge on any atom is -0.353 e. The van der Waals surface area contributed by atoms with Crippen molar-refractivity contribution in [2.24, 2.45) is 5.92 Å². The highest BCUT2D eigenvalue weighted by atomic mass is 16.6. The molecule has 0 aliphatic heterocycles. The highest BCUT2D eigenvalue weighted by molar-refractivity contribution is 5.92. The predicted molar refractivity (Wildman–Crippen MR) is 68.2 cm³/mol. The molecular formula is C13H14N2O3. The fourth-order valence-electron chi connectivity index (χ4n) is 2.10. The number of hydrogen-bond donors (Lipinski definition) is 1. The molecule has 18 heavy (non-hydrogen) atoms. The lowest BCUT2D eigenvalue weighted by molar-refractivity contribution is -0.383. The van der Waals surface area contributed by atoms with Gasteiger partial charge in [0.05, 0.1) is 4.92 Å². The van der Waals surface area contributed by atoms with Gasteiger partial charge < -0.3 is 5.32 Å². The summed E-state index contributed by atoms with van der Waals surface area (Å²) in [5.41, 5.74) is 1.19. The van der Waals surface area contributed by atoms with Gasteiger partial charge in [0, 0.05) is 24.3 Å². The highest BCUT2D eigenvalue weighted by Crippen LogP contribution is 2.28. The Hall–Kier alpha value is -2.17. The maximum Gasteiger partial charge on any atom is 0.292 e. The third-order valence-electron chi connectivity index (χ3n) is 2.85. The van der Waals surface area contributed by atoms with Crippen molar-refractivity contribution >= 4 is 17.2 Å². The van der Waals surface area contributed by atoms with Gasteiger partial charge in [-0.15, -0.1) is 0 Å². The first-order valence-electron chi connectivity index (χ1n) is 5.80. The molecule has 0 amide bonds. The van der Waals surface area contributed by atoms with Crippen LogP contribution in [0.1, 0.15) is 19.8 Å². The fourth-order valence-corrected chi connectivity index (χ4v) is 2.10. The van der Waals surface area contributed by atoms with Gasteiger partial charge in [0.2, 0.25) is 0 Å². The predicted octanol–water partition coefficient (Wildman–Crippen LogP) is 2.89. The van der Waals surface area contributed by atoms with Gasteiger partial charge in [-0.3, -0.25) is 14.9 Å². The Balaban J connectivity index is 2.24. The van der Waals surface area contributed by atoms with E-state index in [0.29, 0.717) is 12.1 Å². The van der Waals surface area contributed by atoms with Crippen LogP contribution in [0.2, 0.25) is 0 Å². The van der Waals surface area contributed by atoms with Crippen LogP contribution in [0.25, 0.3) is 0 Å². The fraction of sp³-hybridized carbons (Fsp3) is 0.308. The molecule has 0 saturated heterocycles. The van der Waals surface area contributed by atoms with Crippen molar-refractivity contribution in [1.82, 2.24) is 0 Å². The van der Waals surface area contributed by atoms with E-state index in [-0.39, 0.29) is 17.4 Å². The van der Waals surface area contributed by atoms with Gasteiger partial charge in [-0.2, -0.15) is 0 Å². The topological polar surface area (TPSA) is 72.2 Å². The van der Waals surface area contributed by atoms with E-state index in [4.69, 9.17) is 0 Å². The lowest BCUT2D eigenvalue weighted by Gasteiger charge is -2.19. The SMILES string of the molecule is CC1CC(=O)C=C(Nc2ccccc2[N+](=O)[O-])C1. The normalized spacial score (nSPS) is 19.3. The van der Waals surface area contributed by atoms with E-state index < -0.39 is 4.92 Å². The van der Waals surface area contributed by atoms with Gasteiger partial charge in [0.15, 0.2) is 5.78 Å². The number of allylic oxidation sites excluding steroid dienone is 2. The Morgan fingerprint density at radius 3 is 2.72 bits per heavy atom. The molecule has 1 aromatic carbocycles. The lowest BCUT2D eigenvalue weighted by atomic mass is 9.93. The van der Waals surface area contributed by atoms with Crippen molar-refractivity contribution in [3.05, 3.63) is 46.2 Å². The third-order valence-corrected chi connectivity index (χ3v) is 2.85. The summed E-state index contributed by atoms with van der Waals surface area (Å²) < 4.78 is 0. The van der Waals surface area contributed by atoms with E-state index in [1.165, 1.54) is 12.1 Å². The highest BCUT2D eigenvalue weighted by Gasteiger charge is 2.19. The summed E-state index contributed by atoms with van der Waals surface area (Å²) >= 11 is 0. The summed E-state index contributed by atoms with van der Waals surface area (Å²) in [5, 5.41) is 13.9. The van der Waals surface area contributed by atoms with Gasteiger partial charge in [-0.1, -0.05) is 19.1 Å². The summed E-state index contributed by atoms with van der Waals surface area (Å²) in [6, 6.07) is 6.43. The number of nitro benzene ring substituents is 1. The lowest BCUT2D eigenvalue weighted by Crippen LogP contribution is -2.16. The van der Waals surface area contributed by atoms with Crippen LogP contribution in [0.4, 0.5) is 11.4 Å². The zero-order chi connectivity index (χ0) is 13.1. The molecule has 0 spiro atoms. The van der Waals surface area contributed by atoms with Gasteiger partial charge in [-0.05, 0) is 18.4 Å². The van der Waals surface area contributed by atoms with Crippen molar-refractivity contribution in [2.45, 2.75) is 19.8 Å². The Bertz CT molecular complexity index is 523. The first-order valence-corrected chi connectivity index (χ1v) is 5.80. The molecule has 0 heterocycles. The number of rotatable bonds is 3. The largest absolute Gasteiger partial charge is 0.353 e. The summed E-state index contributed by atoms with van der Waals surface area (Å²) in [6.45, 7) is 1.99. The molecular weight excluding hydrogens is 232 g/mol.